The molecule has 0 aromatic heterocycles. The summed E-state index contributed by atoms with van der Waals surface area (Å²) in [6.07, 6.45) is 4.40. The normalized spacial score (nSPS) is 15.8. The predicted octanol–water partition coefficient (Wildman–Crippen LogP) is 4.14. The zero-order chi connectivity index (χ0) is 13.1. The van der Waals surface area contributed by atoms with E-state index in [1.165, 1.54) is 12.8 Å². The highest BCUT2D eigenvalue weighted by Crippen LogP contribution is 2.33. The van der Waals surface area contributed by atoms with Crippen LogP contribution in [0.15, 0.2) is 12.1 Å². The van der Waals surface area contributed by atoms with Crippen LogP contribution in [0.3, 0.4) is 0 Å². The standard InChI is InChI=1S/C15H22ClNO.ClH/c1-3-14(17)8-12-7-13(16)6-10(2)15(12)18-9-11-4-5-11;/h6-7,11,14H,3-5,8-9,17H2,1-2H3;1H. The summed E-state index contributed by atoms with van der Waals surface area (Å²) < 4.78 is 5.98. The molecule has 0 amide bonds. The van der Waals surface area contributed by atoms with Crippen LogP contribution in [-0.2, 0) is 6.42 Å². The van der Waals surface area contributed by atoms with Gasteiger partial charge in [-0.05, 0) is 61.8 Å². The van der Waals surface area contributed by atoms with Crippen molar-refractivity contribution in [1.82, 2.24) is 0 Å². The molecule has 0 heterocycles. The third-order valence-corrected chi connectivity index (χ3v) is 3.70. The first-order valence-electron chi connectivity index (χ1n) is 6.77. The highest BCUT2D eigenvalue weighted by Gasteiger charge is 2.23. The summed E-state index contributed by atoms with van der Waals surface area (Å²) in [7, 11) is 0. The molecule has 1 saturated carbocycles. The van der Waals surface area contributed by atoms with E-state index in [0.717, 1.165) is 47.3 Å². The maximum absolute atomic E-state index is 6.13. The minimum Gasteiger partial charge on any atom is -0.493 e. The van der Waals surface area contributed by atoms with Gasteiger partial charge in [-0.3, -0.25) is 0 Å². The van der Waals surface area contributed by atoms with Crippen molar-refractivity contribution in [2.75, 3.05) is 6.61 Å². The van der Waals surface area contributed by atoms with Crippen LogP contribution in [0.2, 0.25) is 5.02 Å². The van der Waals surface area contributed by atoms with E-state index in [1.54, 1.807) is 0 Å². The topological polar surface area (TPSA) is 35.2 Å². The van der Waals surface area contributed by atoms with E-state index in [0.29, 0.717) is 0 Å². The second-order valence-corrected chi connectivity index (χ2v) is 5.77. The summed E-state index contributed by atoms with van der Waals surface area (Å²) in [5, 5.41) is 0.768. The number of aryl methyl sites for hydroxylation is 1. The zero-order valence-corrected chi connectivity index (χ0v) is 13.2. The molecule has 1 aliphatic carbocycles. The van der Waals surface area contributed by atoms with E-state index in [1.807, 2.05) is 12.1 Å². The number of rotatable bonds is 6. The Morgan fingerprint density at radius 1 is 1.42 bits per heavy atom. The Hall–Kier alpha value is -0.440. The lowest BCUT2D eigenvalue weighted by atomic mass is 10.0. The molecule has 1 aliphatic rings. The van der Waals surface area contributed by atoms with E-state index >= 15 is 0 Å². The fourth-order valence-electron chi connectivity index (χ4n) is 2.07. The first-order valence-corrected chi connectivity index (χ1v) is 7.15. The van der Waals surface area contributed by atoms with E-state index in [4.69, 9.17) is 22.1 Å². The Labute approximate surface area is 127 Å². The molecular formula is C15H23Cl2NO. The van der Waals surface area contributed by atoms with Crippen LogP contribution in [0, 0.1) is 12.8 Å². The average molecular weight is 304 g/mol. The molecule has 1 unspecified atom stereocenters. The molecule has 1 aromatic rings. The van der Waals surface area contributed by atoms with Gasteiger partial charge in [-0.25, -0.2) is 0 Å². The minimum absolute atomic E-state index is 0. The zero-order valence-electron chi connectivity index (χ0n) is 11.6. The number of halogens is 2. The number of nitrogens with two attached hydrogens (primary N) is 1. The summed E-state index contributed by atoms with van der Waals surface area (Å²) in [5.74, 6) is 1.75. The van der Waals surface area contributed by atoms with Crippen LogP contribution in [0.25, 0.3) is 0 Å². The van der Waals surface area contributed by atoms with Gasteiger partial charge in [0, 0.05) is 11.1 Å². The first-order chi connectivity index (χ1) is 8.60. The summed E-state index contributed by atoms with van der Waals surface area (Å²) in [6, 6.07) is 4.13. The Morgan fingerprint density at radius 2 is 2.11 bits per heavy atom. The monoisotopic (exact) mass is 303 g/mol. The lowest BCUT2D eigenvalue weighted by molar-refractivity contribution is 0.294. The summed E-state index contributed by atoms with van der Waals surface area (Å²) in [6.45, 7) is 4.98. The van der Waals surface area contributed by atoms with Gasteiger partial charge in [0.15, 0.2) is 0 Å². The third-order valence-electron chi connectivity index (χ3n) is 3.48. The molecule has 0 aliphatic heterocycles. The summed E-state index contributed by atoms with van der Waals surface area (Å²) in [5.41, 5.74) is 8.30. The molecule has 2 rings (SSSR count). The van der Waals surface area contributed by atoms with Crippen LogP contribution in [-0.4, -0.2) is 12.6 Å². The summed E-state index contributed by atoms with van der Waals surface area (Å²) >= 11 is 6.13. The predicted molar refractivity (Wildman–Crippen MR) is 83.6 cm³/mol. The number of hydrogen-bond donors (Lipinski definition) is 1. The van der Waals surface area contributed by atoms with Crippen LogP contribution >= 0.6 is 24.0 Å². The molecule has 0 radical (unpaired) electrons. The fourth-order valence-corrected chi connectivity index (χ4v) is 2.37. The Morgan fingerprint density at radius 3 is 2.68 bits per heavy atom. The van der Waals surface area contributed by atoms with Crippen LogP contribution < -0.4 is 10.5 Å². The Kier molecular flexibility index (Phi) is 6.45. The molecule has 1 aromatic carbocycles. The molecular weight excluding hydrogens is 281 g/mol. The molecule has 0 spiro atoms. The number of ether oxygens (including phenoxy) is 1. The van der Waals surface area contributed by atoms with Crippen LogP contribution in [0.5, 0.6) is 5.75 Å². The second kappa shape index (κ2) is 7.37. The molecule has 2 nitrogen and oxygen atoms in total. The van der Waals surface area contributed by atoms with Gasteiger partial charge in [-0.15, -0.1) is 12.4 Å². The molecule has 2 N–H and O–H groups in total. The molecule has 4 heteroatoms. The van der Waals surface area contributed by atoms with Gasteiger partial charge < -0.3 is 10.5 Å². The van der Waals surface area contributed by atoms with Crippen LogP contribution in [0.1, 0.15) is 37.3 Å². The maximum atomic E-state index is 6.13. The van der Waals surface area contributed by atoms with Gasteiger partial charge in [0.2, 0.25) is 0 Å². The van der Waals surface area contributed by atoms with Crippen molar-refractivity contribution in [3.63, 3.8) is 0 Å². The number of benzene rings is 1. The fraction of sp³-hybridized carbons (Fsp3) is 0.600. The summed E-state index contributed by atoms with van der Waals surface area (Å²) in [4.78, 5) is 0. The average Bonchev–Trinajstić information content (AvgIpc) is 3.11. The smallest absolute Gasteiger partial charge is 0.125 e. The highest BCUT2D eigenvalue weighted by atomic mass is 35.5. The van der Waals surface area contributed by atoms with E-state index < -0.39 is 0 Å². The Bertz CT molecular complexity index is 419. The van der Waals surface area contributed by atoms with Gasteiger partial charge in [0.05, 0.1) is 6.61 Å². The van der Waals surface area contributed by atoms with Crippen molar-refractivity contribution in [3.05, 3.63) is 28.3 Å². The Balaban J connectivity index is 0.00000180. The first kappa shape index (κ1) is 16.6. The van der Waals surface area contributed by atoms with Crippen molar-refractivity contribution in [3.8, 4) is 5.75 Å². The van der Waals surface area contributed by atoms with E-state index in [9.17, 15) is 0 Å². The number of hydrogen-bond acceptors (Lipinski definition) is 2. The van der Waals surface area contributed by atoms with Gasteiger partial charge in [-0.1, -0.05) is 18.5 Å². The maximum Gasteiger partial charge on any atom is 0.125 e. The van der Waals surface area contributed by atoms with Gasteiger partial charge >= 0.3 is 0 Å². The molecule has 0 bridgehead atoms. The van der Waals surface area contributed by atoms with Crippen molar-refractivity contribution >= 4 is 24.0 Å². The lowest BCUT2D eigenvalue weighted by Gasteiger charge is -2.17. The largest absolute Gasteiger partial charge is 0.493 e. The highest BCUT2D eigenvalue weighted by molar-refractivity contribution is 6.30. The molecule has 1 atom stereocenters. The van der Waals surface area contributed by atoms with Crippen LogP contribution in [0.4, 0.5) is 0 Å². The van der Waals surface area contributed by atoms with Gasteiger partial charge in [0.1, 0.15) is 5.75 Å². The van der Waals surface area contributed by atoms with Crippen molar-refractivity contribution < 1.29 is 4.74 Å². The van der Waals surface area contributed by atoms with Crippen molar-refractivity contribution in [2.24, 2.45) is 11.7 Å². The molecule has 108 valence electrons. The van der Waals surface area contributed by atoms with Gasteiger partial charge in [0.25, 0.3) is 0 Å². The minimum atomic E-state index is 0. The SMILES string of the molecule is CCC(N)Cc1cc(Cl)cc(C)c1OCC1CC1.Cl. The van der Waals surface area contributed by atoms with E-state index in [2.05, 4.69) is 13.8 Å². The van der Waals surface area contributed by atoms with E-state index in [-0.39, 0.29) is 18.4 Å². The quantitative estimate of drug-likeness (QED) is 0.857. The second-order valence-electron chi connectivity index (χ2n) is 5.34. The molecule has 1 fully saturated rings. The van der Waals surface area contributed by atoms with Crippen molar-refractivity contribution in [1.29, 1.82) is 0 Å². The lowest BCUT2D eigenvalue weighted by Crippen LogP contribution is -2.22. The molecule has 0 saturated heterocycles. The van der Waals surface area contributed by atoms with Gasteiger partial charge in [-0.2, -0.15) is 0 Å². The third kappa shape index (κ3) is 4.87. The van der Waals surface area contributed by atoms with Crippen molar-refractivity contribution in [2.45, 2.75) is 45.6 Å². The molecule has 19 heavy (non-hydrogen) atoms.